The van der Waals surface area contributed by atoms with Gasteiger partial charge in [-0.25, -0.2) is 4.98 Å². The molecular weight excluding hydrogens is 392 g/mol. The van der Waals surface area contributed by atoms with Gasteiger partial charge in [-0.05, 0) is 59.0 Å². The molecule has 2 heterocycles. The molecule has 4 rings (SSSR count). The Hall–Kier alpha value is -3.21. The number of halogens is 1. The molecule has 0 unspecified atom stereocenters. The van der Waals surface area contributed by atoms with Crippen molar-refractivity contribution in [1.29, 1.82) is 0 Å². The molecule has 0 saturated heterocycles. The van der Waals surface area contributed by atoms with E-state index in [1.807, 2.05) is 60.8 Å². The summed E-state index contributed by atoms with van der Waals surface area (Å²) in [7, 11) is 0. The number of hydrogen-bond donors (Lipinski definition) is 2. The van der Waals surface area contributed by atoms with E-state index in [9.17, 15) is 0 Å². The number of benzene rings is 2. The second kappa shape index (κ2) is 9.53. The van der Waals surface area contributed by atoms with Crippen molar-refractivity contribution in [2.24, 2.45) is 5.73 Å². The Morgan fingerprint density at radius 1 is 0.867 bits per heavy atom. The molecule has 150 valence electrons. The van der Waals surface area contributed by atoms with Gasteiger partial charge in [0.25, 0.3) is 0 Å². The van der Waals surface area contributed by atoms with Crippen LogP contribution in [0.4, 0.5) is 5.82 Å². The third-order valence-electron chi connectivity index (χ3n) is 4.94. The predicted octanol–water partition coefficient (Wildman–Crippen LogP) is 5.45. The van der Waals surface area contributed by atoms with E-state index in [-0.39, 0.29) is 6.04 Å². The van der Waals surface area contributed by atoms with E-state index in [0.717, 1.165) is 34.5 Å². The molecule has 5 heteroatoms. The van der Waals surface area contributed by atoms with Gasteiger partial charge in [0.05, 0.1) is 0 Å². The summed E-state index contributed by atoms with van der Waals surface area (Å²) >= 11 is 6.06. The minimum absolute atomic E-state index is 0.00508. The zero-order valence-corrected chi connectivity index (χ0v) is 17.3. The van der Waals surface area contributed by atoms with Crippen LogP contribution < -0.4 is 11.1 Å². The number of rotatable bonds is 7. The molecule has 4 aromatic rings. The fourth-order valence-electron chi connectivity index (χ4n) is 3.41. The van der Waals surface area contributed by atoms with Gasteiger partial charge in [-0.1, -0.05) is 54.1 Å². The van der Waals surface area contributed by atoms with E-state index in [2.05, 4.69) is 33.5 Å². The van der Waals surface area contributed by atoms with E-state index < -0.39 is 0 Å². The van der Waals surface area contributed by atoms with Gasteiger partial charge < -0.3 is 11.1 Å². The van der Waals surface area contributed by atoms with Gasteiger partial charge in [-0.15, -0.1) is 0 Å². The van der Waals surface area contributed by atoms with Gasteiger partial charge >= 0.3 is 0 Å². The van der Waals surface area contributed by atoms with Crippen LogP contribution in [0, 0.1) is 0 Å². The molecule has 0 radical (unpaired) electrons. The summed E-state index contributed by atoms with van der Waals surface area (Å²) in [6, 6.07) is 24.1. The lowest BCUT2D eigenvalue weighted by Crippen LogP contribution is -2.31. The van der Waals surface area contributed by atoms with Gasteiger partial charge in [0.2, 0.25) is 0 Å². The van der Waals surface area contributed by atoms with E-state index in [1.165, 1.54) is 5.56 Å². The summed E-state index contributed by atoms with van der Waals surface area (Å²) < 4.78 is 0. The molecule has 3 N–H and O–H groups in total. The van der Waals surface area contributed by atoms with Crippen LogP contribution in [0.5, 0.6) is 0 Å². The largest absolute Gasteiger partial charge is 0.368 e. The Bertz CT molecular complexity index is 1080. The van der Waals surface area contributed by atoms with Gasteiger partial charge in [0, 0.05) is 41.8 Å². The molecule has 0 aliphatic carbocycles. The van der Waals surface area contributed by atoms with Crippen molar-refractivity contribution in [2.75, 3.05) is 11.9 Å². The van der Waals surface area contributed by atoms with E-state index in [4.69, 9.17) is 17.3 Å². The third kappa shape index (κ3) is 5.03. The first-order valence-electron chi connectivity index (χ1n) is 9.89. The van der Waals surface area contributed by atoms with Crippen LogP contribution in [0.15, 0.2) is 91.4 Å². The highest BCUT2D eigenvalue weighted by atomic mass is 35.5. The maximum absolute atomic E-state index is 6.33. The first kappa shape index (κ1) is 20.1. The quantitative estimate of drug-likeness (QED) is 0.422. The number of hydrogen-bond acceptors (Lipinski definition) is 4. The van der Waals surface area contributed by atoms with Crippen molar-refractivity contribution in [1.82, 2.24) is 9.97 Å². The minimum atomic E-state index is -0.00508. The van der Waals surface area contributed by atoms with Crippen LogP contribution in [0.3, 0.4) is 0 Å². The first-order valence-corrected chi connectivity index (χ1v) is 10.3. The molecule has 0 aliphatic rings. The normalized spacial score (nSPS) is 11.8. The van der Waals surface area contributed by atoms with E-state index in [1.54, 1.807) is 12.4 Å². The highest BCUT2D eigenvalue weighted by Crippen LogP contribution is 2.33. The van der Waals surface area contributed by atoms with E-state index in [0.29, 0.717) is 11.6 Å². The molecule has 30 heavy (non-hydrogen) atoms. The lowest BCUT2D eigenvalue weighted by Gasteiger charge is -2.16. The summed E-state index contributed by atoms with van der Waals surface area (Å²) in [5, 5.41) is 4.10. The van der Waals surface area contributed by atoms with Gasteiger partial charge in [-0.2, -0.15) is 0 Å². The SMILES string of the molecule is N[C@H](CNc1cc(-c2ccncc2)c(-c2ccc(Cl)cc2)cn1)Cc1ccccc1. The van der Waals surface area contributed by atoms with Crippen LogP contribution in [0.1, 0.15) is 5.56 Å². The van der Waals surface area contributed by atoms with Crippen LogP contribution in [0.2, 0.25) is 5.02 Å². The fourth-order valence-corrected chi connectivity index (χ4v) is 3.53. The fraction of sp³-hybridized carbons (Fsp3) is 0.120. The Labute approximate surface area is 181 Å². The van der Waals surface area contributed by atoms with Gasteiger partial charge in [-0.3, -0.25) is 4.98 Å². The van der Waals surface area contributed by atoms with Crippen molar-refractivity contribution in [2.45, 2.75) is 12.5 Å². The Kier molecular flexibility index (Phi) is 6.38. The molecule has 0 spiro atoms. The summed E-state index contributed by atoms with van der Waals surface area (Å²) in [5.74, 6) is 0.794. The molecule has 0 bridgehead atoms. The van der Waals surface area contributed by atoms with Gasteiger partial charge in [0.1, 0.15) is 5.82 Å². The Morgan fingerprint density at radius 3 is 2.30 bits per heavy atom. The van der Waals surface area contributed by atoms with Crippen LogP contribution in [0.25, 0.3) is 22.3 Å². The lowest BCUT2D eigenvalue weighted by molar-refractivity contribution is 0.698. The number of aromatic nitrogens is 2. The van der Waals surface area contributed by atoms with Crippen molar-refractivity contribution >= 4 is 17.4 Å². The predicted molar refractivity (Wildman–Crippen MR) is 125 cm³/mol. The number of nitrogens with one attached hydrogen (secondary N) is 1. The van der Waals surface area contributed by atoms with Crippen LogP contribution in [-0.4, -0.2) is 22.6 Å². The number of pyridine rings is 2. The second-order valence-electron chi connectivity index (χ2n) is 7.19. The molecular formula is C25H23ClN4. The molecule has 0 amide bonds. The zero-order chi connectivity index (χ0) is 20.8. The molecule has 0 fully saturated rings. The molecule has 2 aromatic heterocycles. The Balaban J connectivity index is 1.57. The van der Waals surface area contributed by atoms with Crippen LogP contribution in [-0.2, 0) is 6.42 Å². The van der Waals surface area contributed by atoms with Gasteiger partial charge in [0.15, 0.2) is 0 Å². The van der Waals surface area contributed by atoms with Crippen molar-refractivity contribution < 1.29 is 0 Å². The highest BCUT2D eigenvalue weighted by Gasteiger charge is 2.11. The number of nitrogens with two attached hydrogens (primary N) is 1. The summed E-state index contributed by atoms with van der Waals surface area (Å²) in [5.41, 5.74) is 11.8. The zero-order valence-electron chi connectivity index (χ0n) is 16.5. The molecule has 4 nitrogen and oxygen atoms in total. The third-order valence-corrected chi connectivity index (χ3v) is 5.19. The first-order chi connectivity index (χ1) is 14.7. The lowest BCUT2D eigenvalue weighted by atomic mass is 9.97. The monoisotopic (exact) mass is 414 g/mol. The Morgan fingerprint density at radius 2 is 1.57 bits per heavy atom. The van der Waals surface area contributed by atoms with Crippen molar-refractivity contribution in [3.63, 3.8) is 0 Å². The summed E-state index contributed by atoms with van der Waals surface area (Å²) in [4.78, 5) is 8.77. The summed E-state index contributed by atoms with van der Waals surface area (Å²) in [6.45, 7) is 0.637. The smallest absolute Gasteiger partial charge is 0.126 e. The number of anilines is 1. The second-order valence-corrected chi connectivity index (χ2v) is 7.63. The van der Waals surface area contributed by atoms with E-state index >= 15 is 0 Å². The maximum Gasteiger partial charge on any atom is 0.126 e. The standard InChI is InChI=1S/C25H23ClN4/c26-21-8-6-19(7-9-21)24-17-30-25(15-23(24)20-10-12-28-13-11-20)29-16-22(27)14-18-4-2-1-3-5-18/h1-13,15,17,22H,14,16,27H2,(H,29,30)/t22-/m0/s1. The molecule has 1 atom stereocenters. The highest BCUT2D eigenvalue weighted by molar-refractivity contribution is 6.30. The maximum atomic E-state index is 6.33. The average molecular weight is 415 g/mol. The van der Waals surface area contributed by atoms with Crippen molar-refractivity contribution in [3.05, 3.63) is 102 Å². The summed E-state index contributed by atoms with van der Waals surface area (Å²) in [6.07, 6.45) is 6.30. The average Bonchev–Trinajstić information content (AvgIpc) is 2.79. The van der Waals surface area contributed by atoms with Crippen LogP contribution >= 0.6 is 11.6 Å². The molecule has 2 aromatic carbocycles. The minimum Gasteiger partial charge on any atom is -0.368 e. The molecule has 0 aliphatic heterocycles. The van der Waals surface area contributed by atoms with Crippen molar-refractivity contribution in [3.8, 4) is 22.3 Å². The molecule has 0 saturated carbocycles. The number of nitrogens with zero attached hydrogens (tertiary/aromatic N) is 2. The topological polar surface area (TPSA) is 63.8 Å².